The van der Waals surface area contributed by atoms with Gasteiger partial charge in [0.1, 0.15) is 11.3 Å². The van der Waals surface area contributed by atoms with E-state index in [9.17, 15) is 9.59 Å². The van der Waals surface area contributed by atoms with Crippen LogP contribution >= 0.6 is 0 Å². The summed E-state index contributed by atoms with van der Waals surface area (Å²) in [5, 5.41) is 2.90. The van der Waals surface area contributed by atoms with Crippen molar-refractivity contribution in [2.24, 2.45) is 7.05 Å². The molecule has 0 spiro atoms. The zero-order valence-corrected chi connectivity index (χ0v) is 14.8. The van der Waals surface area contributed by atoms with Crippen LogP contribution in [0.15, 0.2) is 47.3 Å². The van der Waals surface area contributed by atoms with Gasteiger partial charge in [-0.3, -0.25) is 14.2 Å². The maximum atomic E-state index is 12.8. The second-order valence-electron chi connectivity index (χ2n) is 5.62. The first kappa shape index (κ1) is 17.5. The second-order valence-corrected chi connectivity index (χ2v) is 5.62. The Kier molecular flexibility index (Phi) is 4.88. The van der Waals surface area contributed by atoms with Crippen molar-refractivity contribution in [2.45, 2.75) is 0 Å². The Morgan fingerprint density at radius 2 is 1.92 bits per heavy atom. The molecule has 0 fully saturated rings. The van der Waals surface area contributed by atoms with Crippen LogP contribution in [0.5, 0.6) is 11.5 Å². The Labute approximate surface area is 150 Å². The van der Waals surface area contributed by atoms with Gasteiger partial charge < -0.3 is 14.8 Å². The Balaban J connectivity index is 2.20. The fourth-order valence-corrected chi connectivity index (χ4v) is 2.67. The minimum Gasteiger partial charge on any atom is -0.491 e. The van der Waals surface area contributed by atoms with Gasteiger partial charge in [0.2, 0.25) is 0 Å². The van der Waals surface area contributed by atoms with Gasteiger partial charge in [-0.2, -0.15) is 0 Å². The molecule has 0 aliphatic heterocycles. The minimum atomic E-state index is -0.269. The van der Waals surface area contributed by atoms with Crippen LogP contribution in [0.1, 0.15) is 0 Å². The number of hydrogen-bond acceptors (Lipinski definition) is 5. The number of methoxy groups -OCH3 is 1. The van der Waals surface area contributed by atoms with E-state index in [0.717, 1.165) is 5.56 Å². The van der Waals surface area contributed by atoms with Gasteiger partial charge in [0, 0.05) is 19.7 Å². The van der Waals surface area contributed by atoms with E-state index in [4.69, 9.17) is 9.47 Å². The van der Waals surface area contributed by atoms with Gasteiger partial charge in [0.25, 0.3) is 11.5 Å². The molecule has 1 heterocycles. The molecule has 2 aromatic carbocycles. The van der Waals surface area contributed by atoms with Crippen LogP contribution in [0, 0.1) is 0 Å². The number of fused-ring (bicyclic) bond motifs is 1. The lowest BCUT2D eigenvalue weighted by Crippen LogP contribution is -2.25. The molecular weight excluding hydrogens is 334 g/mol. The van der Waals surface area contributed by atoms with Gasteiger partial charge in [-0.25, -0.2) is 4.98 Å². The van der Waals surface area contributed by atoms with E-state index < -0.39 is 0 Å². The van der Waals surface area contributed by atoms with Gasteiger partial charge >= 0.3 is 0 Å². The highest BCUT2D eigenvalue weighted by molar-refractivity contribution is 5.88. The van der Waals surface area contributed by atoms with Gasteiger partial charge in [-0.05, 0) is 12.1 Å². The highest BCUT2D eigenvalue weighted by Crippen LogP contribution is 2.34. The molecule has 0 aliphatic rings. The number of rotatable bonds is 5. The normalized spacial score (nSPS) is 10.6. The van der Waals surface area contributed by atoms with E-state index in [1.54, 1.807) is 19.2 Å². The fraction of sp³-hybridized carbons (Fsp3) is 0.211. The molecule has 134 valence electrons. The highest BCUT2D eigenvalue weighted by atomic mass is 16.5. The lowest BCUT2D eigenvalue weighted by Gasteiger charge is -2.14. The first-order valence-corrected chi connectivity index (χ1v) is 8.03. The summed E-state index contributed by atoms with van der Waals surface area (Å²) >= 11 is 0. The van der Waals surface area contributed by atoms with Crippen LogP contribution in [0.3, 0.4) is 0 Å². The van der Waals surface area contributed by atoms with E-state index in [0.29, 0.717) is 28.2 Å². The van der Waals surface area contributed by atoms with Crippen molar-refractivity contribution in [3.63, 3.8) is 0 Å². The predicted molar refractivity (Wildman–Crippen MR) is 98.5 cm³/mol. The topological polar surface area (TPSA) is 82.5 Å². The quantitative estimate of drug-likeness (QED) is 0.755. The number of carbonyl (C=O) groups is 1. The molecule has 0 unspecified atom stereocenters. The number of carbonyl (C=O) groups excluding carboxylic acids is 1. The molecule has 7 heteroatoms. The van der Waals surface area contributed by atoms with Gasteiger partial charge in [0.15, 0.2) is 18.1 Å². The number of nitrogens with one attached hydrogen (secondary N) is 1. The third-order valence-electron chi connectivity index (χ3n) is 4.04. The summed E-state index contributed by atoms with van der Waals surface area (Å²) < 4.78 is 12.5. The zero-order valence-electron chi connectivity index (χ0n) is 14.8. The molecule has 0 radical (unpaired) electrons. The fourth-order valence-electron chi connectivity index (χ4n) is 2.67. The number of hydrogen-bond donors (Lipinski definition) is 1. The van der Waals surface area contributed by atoms with Crippen molar-refractivity contribution in [3.05, 3.63) is 52.8 Å². The average Bonchev–Trinajstić information content (AvgIpc) is 2.68. The number of likely N-dealkylation sites (N-methyl/N-ethyl adjacent to an activating group) is 1. The Morgan fingerprint density at radius 1 is 1.19 bits per heavy atom. The number of aromatic nitrogens is 2. The van der Waals surface area contributed by atoms with E-state index in [-0.39, 0.29) is 18.1 Å². The molecule has 0 saturated heterocycles. The van der Waals surface area contributed by atoms with Crippen LogP contribution in [0.2, 0.25) is 0 Å². The lowest BCUT2D eigenvalue weighted by atomic mass is 10.1. The minimum absolute atomic E-state index is 0.158. The third kappa shape index (κ3) is 3.11. The number of benzene rings is 2. The molecule has 0 bridgehead atoms. The lowest BCUT2D eigenvalue weighted by molar-refractivity contribution is -0.122. The molecule has 0 aliphatic carbocycles. The van der Waals surface area contributed by atoms with Crippen molar-refractivity contribution in [1.82, 2.24) is 14.9 Å². The summed E-state index contributed by atoms with van der Waals surface area (Å²) in [5.41, 5.74) is 1.02. The zero-order chi connectivity index (χ0) is 18.7. The van der Waals surface area contributed by atoms with Gasteiger partial charge in [0.05, 0.1) is 12.5 Å². The smallest absolute Gasteiger partial charge is 0.261 e. The second kappa shape index (κ2) is 7.26. The van der Waals surface area contributed by atoms with Crippen molar-refractivity contribution in [1.29, 1.82) is 0 Å². The average molecular weight is 353 g/mol. The standard InChI is InChI=1S/C19H19N3O4/c1-20-15(23)11-26-14-10-9-13-16(17(14)25-3)21-18(22(2)19(13)24)12-7-5-4-6-8-12/h4-10H,11H2,1-3H3,(H,20,23). The van der Waals surface area contributed by atoms with Crippen molar-refractivity contribution in [3.8, 4) is 22.9 Å². The Hall–Kier alpha value is -3.35. The number of ether oxygens (including phenoxy) is 2. The highest BCUT2D eigenvalue weighted by Gasteiger charge is 2.17. The van der Waals surface area contributed by atoms with Crippen LogP contribution < -0.4 is 20.3 Å². The monoisotopic (exact) mass is 353 g/mol. The first-order valence-electron chi connectivity index (χ1n) is 8.03. The summed E-state index contributed by atoms with van der Waals surface area (Å²) in [6, 6.07) is 12.7. The third-order valence-corrected chi connectivity index (χ3v) is 4.04. The Bertz CT molecular complexity index is 1010. The molecule has 3 rings (SSSR count). The van der Waals surface area contributed by atoms with Crippen LogP contribution in [0.4, 0.5) is 0 Å². The Morgan fingerprint density at radius 3 is 2.58 bits per heavy atom. The maximum Gasteiger partial charge on any atom is 0.261 e. The van der Waals surface area contributed by atoms with Crippen molar-refractivity contribution < 1.29 is 14.3 Å². The first-order chi connectivity index (χ1) is 12.6. The molecule has 0 saturated carbocycles. The number of nitrogens with zero attached hydrogens (tertiary/aromatic N) is 2. The maximum absolute atomic E-state index is 12.8. The molecular formula is C19H19N3O4. The van der Waals surface area contributed by atoms with E-state index in [1.165, 1.54) is 18.7 Å². The molecule has 7 nitrogen and oxygen atoms in total. The van der Waals surface area contributed by atoms with Crippen molar-refractivity contribution in [2.75, 3.05) is 20.8 Å². The molecule has 3 aromatic rings. The van der Waals surface area contributed by atoms with E-state index in [2.05, 4.69) is 10.3 Å². The summed E-state index contributed by atoms with van der Waals surface area (Å²) in [6.45, 7) is -0.158. The SMILES string of the molecule is CNC(=O)COc1ccc2c(=O)n(C)c(-c3ccccc3)nc2c1OC. The molecule has 1 N–H and O–H groups in total. The summed E-state index contributed by atoms with van der Waals surface area (Å²) in [7, 11) is 4.68. The molecule has 1 aromatic heterocycles. The van der Waals surface area contributed by atoms with Crippen LogP contribution in [0.25, 0.3) is 22.3 Å². The number of amides is 1. The predicted octanol–water partition coefficient (Wildman–Crippen LogP) is 1.73. The molecule has 0 atom stereocenters. The van der Waals surface area contributed by atoms with Crippen molar-refractivity contribution >= 4 is 16.8 Å². The van der Waals surface area contributed by atoms with Crippen LogP contribution in [-0.4, -0.2) is 36.2 Å². The van der Waals surface area contributed by atoms with E-state index >= 15 is 0 Å². The summed E-state index contributed by atoms with van der Waals surface area (Å²) in [5.74, 6) is 0.920. The molecule has 26 heavy (non-hydrogen) atoms. The van der Waals surface area contributed by atoms with Crippen LogP contribution in [-0.2, 0) is 11.8 Å². The largest absolute Gasteiger partial charge is 0.491 e. The summed E-state index contributed by atoms with van der Waals surface area (Å²) in [4.78, 5) is 28.9. The van der Waals surface area contributed by atoms with E-state index in [1.807, 2.05) is 30.3 Å². The summed E-state index contributed by atoms with van der Waals surface area (Å²) in [6.07, 6.45) is 0. The molecule has 1 amide bonds. The van der Waals surface area contributed by atoms with Gasteiger partial charge in [-0.1, -0.05) is 30.3 Å². The van der Waals surface area contributed by atoms with Gasteiger partial charge in [-0.15, -0.1) is 0 Å².